The minimum Gasteiger partial charge on any atom is -0.378 e. The van der Waals surface area contributed by atoms with Gasteiger partial charge in [-0.3, -0.25) is 0 Å². The van der Waals surface area contributed by atoms with Gasteiger partial charge >= 0.3 is 0 Å². The van der Waals surface area contributed by atoms with Crippen LogP contribution in [-0.2, 0) is 6.54 Å². The fourth-order valence-electron chi connectivity index (χ4n) is 1.64. The zero-order valence-corrected chi connectivity index (χ0v) is 12.5. The van der Waals surface area contributed by atoms with Crippen LogP contribution in [0.5, 0.6) is 0 Å². The Hall–Kier alpha value is -1.07. The van der Waals surface area contributed by atoms with Gasteiger partial charge in [0, 0.05) is 12.2 Å². The first-order valence-corrected chi connectivity index (χ1v) is 6.80. The maximum absolute atomic E-state index is 5.85. The van der Waals surface area contributed by atoms with Crippen molar-refractivity contribution >= 4 is 33.2 Å². The van der Waals surface area contributed by atoms with Crippen LogP contribution in [0.2, 0.25) is 5.15 Å². The molecule has 0 aromatic carbocycles. The van der Waals surface area contributed by atoms with Gasteiger partial charge in [-0.15, -0.1) is 0 Å². The lowest BCUT2D eigenvalue weighted by Gasteiger charge is -2.13. The van der Waals surface area contributed by atoms with Gasteiger partial charge in [-0.05, 0) is 35.8 Å². The van der Waals surface area contributed by atoms with Crippen molar-refractivity contribution in [3.8, 4) is 0 Å². The summed E-state index contributed by atoms with van der Waals surface area (Å²) in [5.41, 5.74) is 2.05. The maximum atomic E-state index is 5.85. The van der Waals surface area contributed by atoms with Crippen LogP contribution < -0.4 is 5.32 Å². The number of imidazole rings is 1. The molecule has 0 fully saturated rings. The standard InChI is InChI=1S/C12H14BrClN4/c1-8(2)18-7-15-5-10(18)6-16-9-3-11(13)12(14)17-4-9/h3-5,7-8,16H,6H2,1-2H3. The molecule has 0 radical (unpaired) electrons. The first kappa shape index (κ1) is 13.4. The third kappa shape index (κ3) is 3.03. The summed E-state index contributed by atoms with van der Waals surface area (Å²) < 4.78 is 2.91. The van der Waals surface area contributed by atoms with E-state index >= 15 is 0 Å². The minimum absolute atomic E-state index is 0.402. The summed E-state index contributed by atoms with van der Waals surface area (Å²) in [6, 6.07) is 2.31. The molecule has 2 heterocycles. The Morgan fingerprint density at radius 3 is 2.89 bits per heavy atom. The summed E-state index contributed by atoms with van der Waals surface area (Å²) in [4.78, 5) is 8.23. The molecule has 0 aliphatic rings. The highest BCUT2D eigenvalue weighted by Crippen LogP contribution is 2.23. The first-order chi connectivity index (χ1) is 8.58. The number of nitrogens with zero attached hydrogens (tertiary/aromatic N) is 3. The smallest absolute Gasteiger partial charge is 0.143 e. The summed E-state index contributed by atoms with van der Waals surface area (Å²) in [6.07, 6.45) is 5.42. The largest absolute Gasteiger partial charge is 0.378 e. The highest BCUT2D eigenvalue weighted by molar-refractivity contribution is 9.10. The van der Waals surface area contributed by atoms with Crippen molar-refractivity contribution in [1.82, 2.24) is 14.5 Å². The van der Waals surface area contributed by atoms with E-state index in [-0.39, 0.29) is 0 Å². The molecule has 0 spiro atoms. The lowest BCUT2D eigenvalue weighted by Crippen LogP contribution is -2.08. The molecule has 4 nitrogen and oxygen atoms in total. The van der Waals surface area contributed by atoms with Crippen molar-refractivity contribution in [2.24, 2.45) is 0 Å². The third-order valence-corrected chi connectivity index (χ3v) is 3.71. The number of rotatable bonds is 4. The maximum Gasteiger partial charge on any atom is 0.143 e. The highest BCUT2D eigenvalue weighted by atomic mass is 79.9. The number of nitrogens with one attached hydrogen (secondary N) is 1. The van der Waals surface area contributed by atoms with Crippen LogP contribution in [0.1, 0.15) is 25.6 Å². The molecule has 2 aromatic heterocycles. The van der Waals surface area contributed by atoms with E-state index in [1.807, 2.05) is 18.6 Å². The third-order valence-electron chi connectivity index (χ3n) is 2.57. The molecule has 0 saturated carbocycles. The van der Waals surface area contributed by atoms with Gasteiger partial charge in [0.1, 0.15) is 5.15 Å². The molecule has 6 heteroatoms. The minimum atomic E-state index is 0.402. The van der Waals surface area contributed by atoms with Gasteiger partial charge in [0.15, 0.2) is 0 Å². The summed E-state index contributed by atoms with van der Waals surface area (Å²) >= 11 is 9.20. The Labute approximate surface area is 120 Å². The van der Waals surface area contributed by atoms with Gasteiger partial charge in [-0.1, -0.05) is 11.6 Å². The Bertz CT molecular complexity index is 539. The second-order valence-electron chi connectivity index (χ2n) is 4.24. The second kappa shape index (κ2) is 5.71. The average Bonchev–Trinajstić information content (AvgIpc) is 2.79. The number of hydrogen-bond acceptors (Lipinski definition) is 3. The van der Waals surface area contributed by atoms with Crippen molar-refractivity contribution in [3.63, 3.8) is 0 Å². The van der Waals surface area contributed by atoms with E-state index in [1.54, 1.807) is 6.20 Å². The lowest BCUT2D eigenvalue weighted by atomic mass is 10.3. The average molecular weight is 330 g/mol. The molecule has 0 saturated heterocycles. The van der Waals surface area contributed by atoms with E-state index in [1.165, 1.54) is 0 Å². The zero-order valence-electron chi connectivity index (χ0n) is 10.2. The van der Waals surface area contributed by atoms with E-state index in [0.717, 1.165) is 15.9 Å². The zero-order chi connectivity index (χ0) is 13.1. The molecule has 0 amide bonds. The predicted molar refractivity (Wildman–Crippen MR) is 76.9 cm³/mol. The first-order valence-electron chi connectivity index (χ1n) is 5.63. The van der Waals surface area contributed by atoms with Crippen molar-refractivity contribution in [2.45, 2.75) is 26.4 Å². The fourth-order valence-corrected chi connectivity index (χ4v) is 2.10. The Kier molecular flexibility index (Phi) is 4.24. The Balaban J connectivity index is 2.07. The van der Waals surface area contributed by atoms with E-state index in [9.17, 15) is 0 Å². The van der Waals surface area contributed by atoms with Crippen molar-refractivity contribution < 1.29 is 0 Å². The molecule has 96 valence electrons. The number of aromatic nitrogens is 3. The monoisotopic (exact) mass is 328 g/mol. The van der Waals surface area contributed by atoms with E-state index in [4.69, 9.17) is 11.6 Å². The van der Waals surface area contributed by atoms with E-state index in [2.05, 4.69) is 49.6 Å². The molecule has 1 N–H and O–H groups in total. The van der Waals surface area contributed by atoms with Crippen LogP contribution >= 0.6 is 27.5 Å². The van der Waals surface area contributed by atoms with E-state index < -0.39 is 0 Å². The number of pyridine rings is 1. The SMILES string of the molecule is CC(C)n1cncc1CNc1cnc(Cl)c(Br)c1. The molecule has 0 unspecified atom stereocenters. The van der Waals surface area contributed by atoms with Crippen LogP contribution in [0.25, 0.3) is 0 Å². The van der Waals surface area contributed by atoms with Gasteiger partial charge in [0.2, 0.25) is 0 Å². The van der Waals surface area contributed by atoms with Gasteiger partial charge < -0.3 is 9.88 Å². The second-order valence-corrected chi connectivity index (χ2v) is 5.45. The fraction of sp³-hybridized carbons (Fsp3) is 0.333. The van der Waals surface area contributed by atoms with Crippen molar-refractivity contribution in [1.29, 1.82) is 0 Å². The van der Waals surface area contributed by atoms with Crippen LogP contribution in [0.3, 0.4) is 0 Å². The molecule has 2 rings (SSSR count). The summed E-state index contributed by atoms with van der Waals surface area (Å²) in [6.45, 7) is 4.96. The van der Waals surface area contributed by atoms with Crippen molar-refractivity contribution in [3.05, 3.63) is 40.1 Å². The van der Waals surface area contributed by atoms with Crippen LogP contribution in [0.15, 0.2) is 29.3 Å². The molecule has 18 heavy (non-hydrogen) atoms. The van der Waals surface area contributed by atoms with Crippen LogP contribution in [-0.4, -0.2) is 14.5 Å². The van der Waals surface area contributed by atoms with Gasteiger partial charge in [-0.25, -0.2) is 9.97 Å². The Morgan fingerprint density at radius 1 is 1.44 bits per heavy atom. The molecular formula is C12H14BrClN4. The number of halogens is 2. The lowest BCUT2D eigenvalue weighted by molar-refractivity contribution is 0.577. The predicted octanol–water partition coefficient (Wildman–Crippen LogP) is 3.89. The van der Waals surface area contributed by atoms with Gasteiger partial charge in [-0.2, -0.15) is 0 Å². The molecule has 0 atom stereocenters. The Morgan fingerprint density at radius 2 is 2.22 bits per heavy atom. The summed E-state index contributed by atoms with van der Waals surface area (Å²) in [7, 11) is 0. The molecule has 2 aromatic rings. The summed E-state index contributed by atoms with van der Waals surface area (Å²) in [5.74, 6) is 0. The van der Waals surface area contributed by atoms with Crippen LogP contribution in [0, 0.1) is 0 Å². The number of hydrogen-bond donors (Lipinski definition) is 1. The normalized spacial score (nSPS) is 10.9. The molecular weight excluding hydrogens is 316 g/mol. The van der Waals surface area contributed by atoms with Crippen molar-refractivity contribution in [2.75, 3.05) is 5.32 Å². The molecule has 0 aliphatic carbocycles. The van der Waals surface area contributed by atoms with Gasteiger partial charge in [0.25, 0.3) is 0 Å². The topological polar surface area (TPSA) is 42.7 Å². The van der Waals surface area contributed by atoms with E-state index in [0.29, 0.717) is 17.7 Å². The van der Waals surface area contributed by atoms with Crippen LogP contribution in [0.4, 0.5) is 5.69 Å². The quantitative estimate of drug-likeness (QED) is 0.865. The highest BCUT2D eigenvalue weighted by Gasteiger charge is 2.06. The molecule has 0 aliphatic heterocycles. The number of anilines is 1. The summed E-state index contributed by atoms with van der Waals surface area (Å²) in [5, 5.41) is 3.76. The molecule has 0 bridgehead atoms. The van der Waals surface area contributed by atoms with Gasteiger partial charge in [0.05, 0.1) is 34.9 Å².